The molecule has 0 radical (unpaired) electrons. The van der Waals surface area contributed by atoms with Gasteiger partial charge in [-0.05, 0) is 72.0 Å². The molecule has 0 atom stereocenters. The Labute approximate surface area is 204 Å². The second kappa shape index (κ2) is 10.7. The number of benzene rings is 3. The van der Waals surface area contributed by atoms with Crippen LogP contribution < -0.4 is 21.1 Å². The van der Waals surface area contributed by atoms with E-state index in [0.717, 1.165) is 35.3 Å². The lowest BCUT2D eigenvalue weighted by molar-refractivity contribution is -0.115. The molecule has 3 aromatic carbocycles. The van der Waals surface area contributed by atoms with E-state index in [0.29, 0.717) is 23.2 Å². The van der Waals surface area contributed by atoms with Gasteiger partial charge in [-0.15, -0.1) is 0 Å². The van der Waals surface area contributed by atoms with Crippen LogP contribution in [0.15, 0.2) is 72.8 Å². The number of hydrogen-bond acceptors (Lipinski definition) is 4. The number of amides is 3. The average molecular weight is 470 g/mol. The minimum Gasteiger partial charge on any atom is -0.497 e. The first-order valence-electron chi connectivity index (χ1n) is 11.4. The van der Waals surface area contributed by atoms with Crippen LogP contribution in [0.4, 0.5) is 0 Å². The second-order valence-corrected chi connectivity index (χ2v) is 8.40. The molecule has 35 heavy (non-hydrogen) atoms. The monoisotopic (exact) mass is 469 g/mol. The predicted octanol–water partition coefficient (Wildman–Crippen LogP) is 3.54. The van der Waals surface area contributed by atoms with Crippen molar-refractivity contribution < 1.29 is 19.1 Å². The third-order valence-corrected chi connectivity index (χ3v) is 5.73. The summed E-state index contributed by atoms with van der Waals surface area (Å²) in [6.45, 7) is 0.322. The molecule has 0 heterocycles. The summed E-state index contributed by atoms with van der Waals surface area (Å²) >= 11 is 0. The number of hydrogen-bond donors (Lipinski definition) is 3. The smallest absolute Gasteiger partial charge is 0.252 e. The summed E-state index contributed by atoms with van der Waals surface area (Å²) in [4.78, 5) is 36.6. The van der Waals surface area contributed by atoms with Gasteiger partial charge in [-0.2, -0.15) is 0 Å². The zero-order chi connectivity index (χ0) is 24.8. The van der Waals surface area contributed by atoms with E-state index >= 15 is 0 Å². The van der Waals surface area contributed by atoms with Crippen LogP contribution in [0.25, 0.3) is 11.6 Å². The lowest BCUT2D eigenvalue weighted by Crippen LogP contribution is -2.26. The maximum absolute atomic E-state index is 12.9. The predicted molar refractivity (Wildman–Crippen MR) is 135 cm³/mol. The molecule has 0 saturated heterocycles. The fourth-order valence-electron chi connectivity index (χ4n) is 3.51. The average Bonchev–Trinajstić information content (AvgIpc) is 3.70. The van der Waals surface area contributed by atoms with Crippen molar-refractivity contribution >= 4 is 29.4 Å². The van der Waals surface area contributed by atoms with Gasteiger partial charge in [-0.25, -0.2) is 0 Å². The summed E-state index contributed by atoms with van der Waals surface area (Å²) in [6, 6.07) is 21.4. The van der Waals surface area contributed by atoms with E-state index in [-0.39, 0.29) is 17.9 Å². The van der Waals surface area contributed by atoms with Gasteiger partial charge < -0.3 is 21.1 Å². The third-order valence-electron chi connectivity index (χ3n) is 5.73. The van der Waals surface area contributed by atoms with Crippen molar-refractivity contribution in [2.75, 3.05) is 7.11 Å². The van der Waals surface area contributed by atoms with Crippen LogP contribution in [0.1, 0.15) is 50.2 Å². The standard InChI is InChI=1S/C28H27N3O4/c1-35-24-14-10-20(11-15-24)25(28(34)31-23-12-13-23)16-18-2-8-22(9-3-18)27(33)30-17-19-4-6-21(7-5-19)26(29)32/h2-11,14-16,23H,12-13,17H2,1H3,(H2,29,32)(H,30,33)(H,31,34)/b25-16+. The molecule has 0 unspecified atom stereocenters. The normalized spacial score (nSPS) is 13.1. The van der Waals surface area contributed by atoms with Crippen molar-refractivity contribution in [3.05, 3.63) is 101 Å². The van der Waals surface area contributed by atoms with Gasteiger partial charge in [0.2, 0.25) is 5.91 Å². The first-order valence-corrected chi connectivity index (χ1v) is 11.4. The summed E-state index contributed by atoms with van der Waals surface area (Å²) in [7, 11) is 1.60. The Bertz CT molecular complexity index is 1240. The van der Waals surface area contributed by atoms with Crippen LogP contribution in [0.5, 0.6) is 5.75 Å². The second-order valence-electron chi connectivity index (χ2n) is 8.40. The topological polar surface area (TPSA) is 111 Å². The molecule has 1 fully saturated rings. The number of carbonyl (C=O) groups excluding carboxylic acids is 3. The van der Waals surface area contributed by atoms with E-state index in [1.165, 1.54) is 0 Å². The molecule has 0 aliphatic heterocycles. The van der Waals surface area contributed by atoms with E-state index in [4.69, 9.17) is 10.5 Å². The molecule has 0 spiro atoms. The molecule has 4 N–H and O–H groups in total. The summed E-state index contributed by atoms with van der Waals surface area (Å²) in [5.41, 5.74) is 9.17. The van der Waals surface area contributed by atoms with Gasteiger partial charge in [0.25, 0.3) is 11.8 Å². The Kier molecular flexibility index (Phi) is 7.26. The van der Waals surface area contributed by atoms with Gasteiger partial charge in [0, 0.05) is 29.3 Å². The van der Waals surface area contributed by atoms with Crippen molar-refractivity contribution in [2.45, 2.75) is 25.4 Å². The fourth-order valence-corrected chi connectivity index (χ4v) is 3.51. The van der Waals surface area contributed by atoms with Crippen LogP contribution in [0.3, 0.4) is 0 Å². The Morgan fingerprint density at radius 3 is 2.06 bits per heavy atom. The fraction of sp³-hybridized carbons (Fsp3) is 0.179. The van der Waals surface area contributed by atoms with Gasteiger partial charge >= 0.3 is 0 Å². The highest BCUT2D eigenvalue weighted by atomic mass is 16.5. The highest BCUT2D eigenvalue weighted by molar-refractivity contribution is 6.24. The minimum atomic E-state index is -0.491. The number of nitrogens with one attached hydrogen (secondary N) is 2. The molecule has 1 saturated carbocycles. The van der Waals surface area contributed by atoms with Crippen molar-refractivity contribution in [1.82, 2.24) is 10.6 Å². The molecule has 1 aliphatic carbocycles. The van der Waals surface area contributed by atoms with Crippen LogP contribution in [-0.4, -0.2) is 30.9 Å². The van der Waals surface area contributed by atoms with Crippen molar-refractivity contribution in [2.24, 2.45) is 5.73 Å². The largest absolute Gasteiger partial charge is 0.497 e. The maximum Gasteiger partial charge on any atom is 0.252 e. The molecule has 4 rings (SSSR count). The van der Waals surface area contributed by atoms with Gasteiger partial charge in [0.05, 0.1) is 7.11 Å². The number of nitrogens with two attached hydrogens (primary N) is 1. The number of methoxy groups -OCH3 is 1. The van der Waals surface area contributed by atoms with E-state index in [1.807, 2.05) is 42.5 Å². The van der Waals surface area contributed by atoms with Gasteiger partial charge in [-0.1, -0.05) is 36.4 Å². The molecule has 3 aromatic rings. The molecule has 0 bridgehead atoms. The minimum absolute atomic E-state index is 0.123. The number of rotatable bonds is 9. The summed E-state index contributed by atoms with van der Waals surface area (Å²) < 4.78 is 5.22. The van der Waals surface area contributed by atoms with Crippen molar-refractivity contribution in [3.8, 4) is 5.75 Å². The zero-order valence-corrected chi connectivity index (χ0v) is 19.4. The molecule has 3 amide bonds. The molecule has 1 aliphatic rings. The van der Waals surface area contributed by atoms with Gasteiger partial charge in [-0.3, -0.25) is 14.4 Å². The van der Waals surface area contributed by atoms with Crippen LogP contribution in [-0.2, 0) is 11.3 Å². The van der Waals surface area contributed by atoms with Crippen molar-refractivity contribution in [1.29, 1.82) is 0 Å². The van der Waals surface area contributed by atoms with E-state index < -0.39 is 5.91 Å². The third kappa shape index (κ3) is 6.35. The Balaban J connectivity index is 1.46. The summed E-state index contributed by atoms with van der Waals surface area (Å²) in [6.07, 6.45) is 3.82. The molecule has 0 aromatic heterocycles. The molecular formula is C28H27N3O4. The van der Waals surface area contributed by atoms with Crippen LogP contribution in [0, 0.1) is 0 Å². The Hall–Kier alpha value is -4.39. The molecule has 7 heteroatoms. The lowest BCUT2D eigenvalue weighted by Gasteiger charge is -2.10. The van der Waals surface area contributed by atoms with Crippen LogP contribution >= 0.6 is 0 Å². The SMILES string of the molecule is COc1ccc(/C(=C\c2ccc(C(=O)NCc3ccc(C(N)=O)cc3)cc2)C(=O)NC2CC2)cc1. The summed E-state index contributed by atoms with van der Waals surface area (Å²) in [5.74, 6) is -0.118. The summed E-state index contributed by atoms with van der Waals surface area (Å²) in [5, 5.41) is 5.91. The maximum atomic E-state index is 12.9. The molecular weight excluding hydrogens is 442 g/mol. The number of ether oxygens (including phenoxy) is 1. The Morgan fingerprint density at radius 2 is 1.49 bits per heavy atom. The van der Waals surface area contributed by atoms with E-state index in [9.17, 15) is 14.4 Å². The van der Waals surface area contributed by atoms with Crippen LogP contribution in [0.2, 0.25) is 0 Å². The zero-order valence-electron chi connectivity index (χ0n) is 19.4. The van der Waals surface area contributed by atoms with Crippen molar-refractivity contribution in [3.63, 3.8) is 0 Å². The quantitative estimate of drug-likeness (QED) is 0.329. The highest BCUT2D eigenvalue weighted by Gasteiger charge is 2.25. The molecule has 7 nitrogen and oxygen atoms in total. The van der Waals surface area contributed by atoms with Gasteiger partial charge in [0.1, 0.15) is 5.75 Å². The Morgan fingerprint density at radius 1 is 0.886 bits per heavy atom. The lowest BCUT2D eigenvalue weighted by atomic mass is 10.0. The number of primary amides is 1. The number of carbonyl (C=O) groups is 3. The highest BCUT2D eigenvalue weighted by Crippen LogP contribution is 2.25. The molecule has 178 valence electrons. The van der Waals surface area contributed by atoms with Gasteiger partial charge in [0.15, 0.2) is 0 Å². The van der Waals surface area contributed by atoms with E-state index in [1.54, 1.807) is 43.5 Å². The first kappa shape index (κ1) is 23.8. The van der Waals surface area contributed by atoms with E-state index in [2.05, 4.69) is 10.6 Å². The first-order chi connectivity index (χ1) is 16.9.